The summed E-state index contributed by atoms with van der Waals surface area (Å²) in [6, 6.07) is 12.6. The first-order valence-electron chi connectivity index (χ1n) is 7.97. The Morgan fingerprint density at radius 3 is 1.88 bits per heavy atom. The highest BCUT2D eigenvalue weighted by molar-refractivity contribution is 6.06. The van der Waals surface area contributed by atoms with Crippen LogP contribution in [0.5, 0.6) is 0 Å². The highest BCUT2D eigenvalue weighted by Gasteiger charge is 2.17. The van der Waals surface area contributed by atoms with Crippen molar-refractivity contribution in [3.63, 3.8) is 0 Å². The van der Waals surface area contributed by atoms with E-state index in [0.29, 0.717) is 11.1 Å². The molecule has 0 aliphatic rings. The van der Waals surface area contributed by atoms with Gasteiger partial charge >= 0.3 is 0 Å². The monoisotopic (exact) mass is 324 g/mol. The number of hydrogen-bond donors (Lipinski definition) is 2. The standard InChI is InChI=1S/C20H24N2O2/c1-13-8-6-9-14(2)17(13)21-18(23)15-10-7-11-16(12-15)19(24)22-20(3,4)5/h6-12H,1-5H3,(H,21,23)(H,22,24). The maximum atomic E-state index is 12.5. The number of carbonyl (C=O) groups is 2. The fourth-order valence-corrected chi connectivity index (χ4v) is 2.41. The highest BCUT2D eigenvalue weighted by Crippen LogP contribution is 2.20. The molecular weight excluding hydrogens is 300 g/mol. The van der Waals surface area contributed by atoms with E-state index in [0.717, 1.165) is 16.8 Å². The summed E-state index contributed by atoms with van der Waals surface area (Å²) in [5, 5.41) is 5.84. The number of aryl methyl sites for hydroxylation is 2. The van der Waals surface area contributed by atoms with Crippen molar-refractivity contribution >= 4 is 17.5 Å². The van der Waals surface area contributed by atoms with E-state index in [2.05, 4.69) is 10.6 Å². The Morgan fingerprint density at radius 1 is 0.833 bits per heavy atom. The van der Waals surface area contributed by atoms with E-state index in [-0.39, 0.29) is 17.4 Å². The third kappa shape index (κ3) is 4.44. The Kier molecular flexibility index (Phi) is 5.07. The van der Waals surface area contributed by atoms with Crippen molar-refractivity contribution in [1.29, 1.82) is 0 Å². The number of amides is 2. The van der Waals surface area contributed by atoms with Gasteiger partial charge in [0.05, 0.1) is 0 Å². The van der Waals surface area contributed by atoms with Crippen molar-refractivity contribution in [2.24, 2.45) is 0 Å². The van der Waals surface area contributed by atoms with Crippen LogP contribution >= 0.6 is 0 Å². The average molecular weight is 324 g/mol. The van der Waals surface area contributed by atoms with E-state index in [9.17, 15) is 9.59 Å². The van der Waals surface area contributed by atoms with Gasteiger partial charge in [-0.05, 0) is 63.9 Å². The zero-order valence-electron chi connectivity index (χ0n) is 14.9. The van der Waals surface area contributed by atoms with Gasteiger partial charge in [-0.3, -0.25) is 9.59 Å². The molecule has 2 aromatic rings. The van der Waals surface area contributed by atoms with Gasteiger partial charge in [0.15, 0.2) is 0 Å². The van der Waals surface area contributed by atoms with Crippen LogP contribution in [0, 0.1) is 13.8 Å². The summed E-state index contributed by atoms with van der Waals surface area (Å²) < 4.78 is 0. The third-order valence-corrected chi connectivity index (χ3v) is 3.60. The Balaban J connectivity index is 2.22. The minimum atomic E-state index is -0.326. The van der Waals surface area contributed by atoms with Gasteiger partial charge < -0.3 is 10.6 Å². The lowest BCUT2D eigenvalue weighted by Gasteiger charge is -2.20. The van der Waals surface area contributed by atoms with Gasteiger partial charge in [0.1, 0.15) is 0 Å². The fourth-order valence-electron chi connectivity index (χ4n) is 2.41. The smallest absolute Gasteiger partial charge is 0.255 e. The summed E-state index contributed by atoms with van der Waals surface area (Å²) in [6.07, 6.45) is 0. The van der Waals surface area contributed by atoms with Crippen LogP contribution < -0.4 is 10.6 Å². The molecule has 0 atom stereocenters. The number of rotatable bonds is 3. The number of hydrogen-bond acceptors (Lipinski definition) is 2. The zero-order valence-corrected chi connectivity index (χ0v) is 14.9. The van der Waals surface area contributed by atoms with E-state index in [1.54, 1.807) is 24.3 Å². The molecule has 4 heteroatoms. The number of benzene rings is 2. The SMILES string of the molecule is Cc1cccc(C)c1NC(=O)c1cccc(C(=O)NC(C)(C)C)c1. The lowest BCUT2D eigenvalue weighted by Crippen LogP contribution is -2.40. The van der Waals surface area contributed by atoms with Gasteiger partial charge in [0.2, 0.25) is 0 Å². The lowest BCUT2D eigenvalue weighted by molar-refractivity contribution is 0.0919. The van der Waals surface area contributed by atoms with Crippen molar-refractivity contribution in [2.45, 2.75) is 40.2 Å². The number of para-hydroxylation sites is 1. The fraction of sp³-hybridized carbons (Fsp3) is 0.300. The average Bonchev–Trinajstić information content (AvgIpc) is 2.49. The summed E-state index contributed by atoms with van der Waals surface area (Å²) in [4.78, 5) is 24.8. The van der Waals surface area contributed by atoms with Crippen molar-refractivity contribution in [1.82, 2.24) is 5.32 Å². The number of nitrogens with one attached hydrogen (secondary N) is 2. The molecule has 2 amide bonds. The molecule has 0 fully saturated rings. The van der Waals surface area contributed by atoms with Crippen molar-refractivity contribution < 1.29 is 9.59 Å². The molecule has 0 aliphatic carbocycles. The predicted molar refractivity (Wildman–Crippen MR) is 97.5 cm³/mol. The molecule has 0 spiro atoms. The molecule has 2 rings (SSSR count). The number of anilines is 1. The van der Waals surface area contributed by atoms with E-state index >= 15 is 0 Å². The molecule has 0 saturated heterocycles. The van der Waals surface area contributed by atoms with Crippen LogP contribution in [-0.2, 0) is 0 Å². The Hall–Kier alpha value is -2.62. The minimum absolute atomic E-state index is 0.191. The van der Waals surface area contributed by atoms with Gasteiger partial charge in [-0.1, -0.05) is 24.3 Å². The largest absolute Gasteiger partial charge is 0.347 e. The van der Waals surface area contributed by atoms with Crippen LogP contribution in [0.25, 0.3) is 0 Å². The first-order chi connectivity index (χ1) is 11.2. The molecule has 24 heavy (non-hydrogen) atoms. The molecule has 0 aliphatic heterocycles. The Morgan fingerprint density at radius 2 is 1.33 bits per heavy atom. The van der Waals surface area contributed by atoms with Crippen molar-refractivity contribution in [3.8, 4) is 0 Å². The van der Waals surface area contributed by atoms with Gasteiger partial charge in [0, 0.05) is 22.4 Å². The second-order valence-electron chi connectivity index (χ2n) is 7.01. The summed E-state index contributed by atoms with van der Waals surface area (Å²) in [7, 11) is 0. The highest BCUT2D eigenvalue weighted by atomic mass is 16.2. The first kappa shape index (κ1) is 17.7. The second-order valence-corrected chi connectivity index (χ2v) is 7.01. The molecule has 2 aromatic carbocycles. The van der Waals surface area contributed by atoms with E-state index in [4.69, 9.17) is 0 Å². The Labute approximate surface area is 143 Å². The van der Waals surface area contributed by atoms with Crippen LogP contribution in [0.4, 0.5) is 5.69 Å². The first-order valence-corrected chi connectivity index (χ1v) is 7.97. The quantitative estimate of drug-likeness (QED) is 0.893. The molecular formula is C20H24N2O2. The summed E-state index contributed by atoms with van der Waals surface area (Å²) in [5.41, 5.74) is 3.42. The minimum Gasteiger partial charge on any atom is -0.347 e. The topological polar surface area (TPSA) is 58.2 Å². The molecule has 0 saturated carbocycles. The van der Waals surface area contributed by atoms with Crippen LogP contribution in [0.1, 0.15) is 52.6 Å². The van der Waals surface area contributed by atoms with Crippen molar-refractivity contribution in [3.05, 3.63) is 64.7 Å². The van der Waals surface area contributed by atoms with Crippen LogP contribution in [-0.4, -0.2) is 17.4 Å². The molecule has 0 heterocycles. The zero-order chi connectivity index (χ0) is 17.9. The predicted octanol–water partition coefficient (Wildman–Crippen LogP) is 4.08. The molecule has 0 radical (unpaired) electrons. The summed E-state index contributed by atoms with van der Waals surface area (Å²) in [6.45, 7) is 9.67. The van der Waals surface area contributed by atoms with Gasteiger partial charge in [-0.2, -0.15) is 0 Å². The summed E-state index contributed by atoms with van der Waals surface area (Å²) in [5.74, 6) is -0.415. The van der Waals surface area contributed by atoms with E-state index in [1.165, 1.54) is 0 Å². The molecule has 0 aromatic heterocycles. The van der Waals surface area contributed by atoms with Crippen LogP contribution in [0.15, 0.2) is 42.5 Å². The van der Waals surface area contributed by atoms with E-state index in [1.807, 2.05) is 52.8 Å². The molecule has 0 unspecified atom stereocenters. The van der Waals surface area contributed by atoms with E-state index < -0.39 is 0 Å². The van der Waals surface area contributed by atoms with Gasteiger partial charge in [-0.25, -0.2) is 0 Å². The van der Waals surface area contributed by atoms with Crippen LogP contribution in [0.3, 0.4) is 0 Å². The third-order valence-electron chi connectivity index (χ3n) is 3.60. The Bertz CT molecular complexity index is 753. The second kappa shape index (κ2) is 6.87. The number of carbonyl (C=O) groups excluding carboxylic acids is 2. The lowest BCUT2D eigenvalue weighted by atomic mass is 10.1. The molecule has 126 valence electrons. The maximum absolute atomic E-state index is 12.5. The molecule has 2 N–H and O–H groups in total. The maximum Gasteiger partial charge on any atom is 0.255 e. The summed E-state index contributed by atoms with van der Waals surface area (Å²) >= 11 is 0. The normalized spacial score (nSPS) is 11.0. The van der Waals surface area contributed by atoms with Gasteiger partial charge in [-0.15, -0.1) is 0 Å². The van der Waals surface area contributed by atoms with Crippen molar-refractivity contribution in [2.75, 3.05) is 5.32 Å². The molecule has 0 bridgehead atoms. The van der Waals surface area contributed by atoms with Crippen LogP contribution in [0.2, 0.25) is 0 Å². The van der Waals surface area contributed by atoms with Gasteiger partial charge in [0.25, 0.3) is 11.8 Å². The molecule has 4 nitrogen and oxygen atoms in total.